The molecule has 1 saturated carbocycles. The molecule has 0 bridgehead atoms. The number of hydrogen-bond acceptors (Lipinski definition) is 2. The molecule has 2 rings (SSSR count). The maximum Gasteiger partial charge on any atom is 0.166 e. The molecule has 4 nitrogen and oxygen atoms in total. The molecule has 0 aromatic carbocycles. The summed E-state index contributed by atoms with van der Waals surface area (Å²) >= 11 is 5.26. The highest BCUT2D eigenvalue weighted by molar-refractivity contribution is 7.80. The zero-order chi connectivity index (χ0) is 11.9. The highest BCUT2D eigenvalue weighted by Crippen LogP contribution is 2.17. The first-order valence-corrected chi connectivity index (χ1v) is 6.78. The molecule has 0 aliphatic heterocycles. The lowest BCUT2D eigenvalue weighted by Crippen LogP contribution is -2.41. The molecule has 1 aromatic rings. The minimum atomic E-state index is 0.597. The molecule has 1 heterocycles. The second-order valence-corrected chi connectivity index (χ2v) is 4.93. The van der Waals surface area contributed by atoms with E-state index in [1.807, 2.05) is 6.20 Å². The molecule has 0 spiro atoms. The summed E-state index contributed by atoms with van der Waals surface area (Å²) in [5, 5.41) is 7.42. The minimum absolute atomic E-state index is 0.597. The quantitative estimate of drug-likeness (QED) is 0.552. The normalized spacial score (nSPS) is 16.0. The van der Waals surface area contributed by atoms with Gasteiger partial charge in [-0.3, -0.25) is 0 Å². The van der Waals surface area contributed by atoms with E-state index >= 15 is 0 Å². The molecule has 0 unspecified atom stereocenters. The number of hydrogen-bond donors (Lipinski definition) is 3. The van der Waals surface area contributed by atoms with Crippen molar-refractivity contribution in [3.05, 3.63) is 18.2 Å². The van der Waals surface area contributed by atoms with Gasteiger partial charge < -0.3 is 15.6 Å². The highest BCUT2D eigenvalue weighted by atomic mass is 32.1. The van der Waals surface area contributed by atoms with Crippen molar-refractivity contribution in [2.45, 2.75) is 44.6 Å². The molecule has 0 saturated heterocycles. The first kappa shape index (κ1) is 12.4. The Balaban J connectivity index is 1.53. The van der Waals surface area contributed by atoms with Gasteiger partial charge in [0.25, 0.3) is 0 Å². The van der Waals surface area contributed by atoms with E-state index in [1.165, 1.54) is 25.7 Å². The van der Waals surface area contributed by atoms with Crippen LogP contribution in [0.2, 0.25) is 0 Å². The van der Waals surface area contributed by atoms with Crippen LogP contribution in [0.15, 0.2) is 12.4 Å². The summed E-state index contributed by atoms with van der Waals surface area (Å²) in [6.45, 7) is 0.902. The molecule has 0 radical (unpaired) electrons. The number of aryl methyl sites for hydroxylation is 1. The Bertz CT molecular complexity index is 330. The number of aromatic amines is 1. The molecular weight excluding hydrogens is 232 g/mol. The maximum absolute atomic E-state index is 5.26. The number of H-pyrrole nitrogens is 1. The van der Waals surface area contributed by atoms with Crippen LogP contribution in [0.5, 0.6) is 0 Å². The predicted molar refractivity (Wildman–Crippen MR) is 72.9 cm³/mol. The van der Waals surface area contributed by atoms with E-state index in [4.69, 9.17) is 12.2 Å². The van der Waals surface area contributed by atoms with E-state index in [1.54, 1.807) is 6.20 Å². The Morgan fingerprint density at radius 1 is 1.47 bits per heavy atom. The lowest BCUT2D eigenvalue weighted by Gasteiger charge is -2.15. The molecular formula is C12H20N4S. The second kappa shape index (κ2) is 6.59. The average Bonchev–Trinajstić information content (AvgIpc) is 2.96. The van der Waals surface area contributed by atoms with Crippen LogP contribution >= 0.6 is 12.2 Å². The zero-order valence-corrected chi connectivity index (χ0v) is 10.9. The van der Waals surface area contributed by atoms with Crippen molar-refractivity contribution >= 4 is 17.3 Å². The number of nitrogens with one attached hydrogen (secondary N) is 3. The van der Waals surface area contributed by atoms with Crippen molar-refractivity contribution < 1.29 is 0 Å². The second-order valence-electron chi connectivity index (χ2n) is 4.52. The Morgan fingerprint density at radius 2 is 2.29 bits per heavy atom. The zero-order valence-electron chi connectivity index (χ0n) is 10.0. The average molecular weight is 252 g/mol. The largest absolute Gasteiger partial charge is 0.363 e. The van der Waals surface area contributed by atoms with E-state index in [2.05, 4.69) is 20.6 Å². The molecule has 1 fully saturated rings. The minimum Gasteiger partial charge on any atom is -0.363 e. The van der Waals surface area contributed by atoms with Gasteiger partial charge in [-0.15, -0.1) is 0 Å². The first-order valence-electron chi connectivity index (χ1n) is 6.37. The molecule has 3 N–H and O–H groups in total. The van der Waals surface area contributed by atoms with Crippen LogP contribution in [0.25, 0.3) is 0 Å². The summed E-state index contributed by atoms with van der Waals surface area (Å²) in [6.07, 6.45) is 10.8. The van der Waals surface area contributed by atoms with Gasteiger partial charge in [-0.25, -0.2) is 4.98 Å². The molecule has 94 valence electrons. The van der Waals surface area contributed by atoms with Gasteiger partial charge in [-0.05, 0) is 31.5 Å². The molecule has 1 aliphatic carbocycles. The van der Waals surface area contributed by atoms with Gasteiger partial charge in [0.05, 0.1) is 0 Å². The van der Waals surface area contributed by atoms with Gasteiger partial charge in [0, 0.05) is 31.4 Å². The fourth-order valence-corrected chi connectivity index (χ4v) is 2.47. The monoisotopic (exact) mass is 252 g/mol. The summed E-state index contributed by atoms with van der Waals surface area (Å²) in [7, 11) is 0. The molecule has 1 aliphatic rings. The predicted octanol–water partition coefficient (Wildman–Crippen LogP) is 1.75. The fraction of sp³-hybridized carbons (Fsp3) is 0.667. The van der Waals surface area contributed by atoms with E-state index in [0.717, 1.165) is 30.3 Å². The Morgan fingerprint density at radius 3 is 3.00 bits per heavy atom. The number of nitrogens with zero attached hydrogens (tertiary/aromatic N) is 1. The van der Waals surface area contributed by atoms with Gasteiger partial charge in [0.15, 0.2) is 5.11 Å². The van der Waals surface area contributed by atoms with Crippen LogP contribution in [0.4, 0.5) is 0 Å². The highest BCUT2D eigenvalue weighted by Gasteiger charge is 2.14. The molecule has 0 amide bonds. The lowest BCUT2D eigenvalue weighted by atomic mass is 10.2. The van der Waals surface area contributed by atoms with E-state index in [9.17, 15) is 0 Å². The number of rotatable bonds is 5. The Hall–Kier alpha value is -1.10. The summed E-state index contributed by atoms with van der Waals surface area (Å²) in [5.74, 6) is 1.04. The smallest absolute Gasteiger partial charge is 0.166 e. The molecule has 5 heteroatoms. The Labute approximate surface area is 108 Å². The topological polar surface area (TPSA) is 52.7 Å². The molecule has 1 aromatic heterocycles. The molecule has 0 atom stereocenters. The van der Waals surface area contributed by atoms with Crippen molar-refractivity contribution in [3.8, 4) is 0 Å². The van der Waals surface area contributed by atoms with Crippen molar-refractivity contribution in [2.24, 2.45) is 0 Å². The van der Waals surface area contributed by atoms with Crippen LogP contribution < -0.4 is 10.6 Å². The summed E-state index contributed by atoms with van der Waals surface area (Å²) in [4.78, 5) is 7.28. The van der Waals surface area contributed by atoms with Crippen molar-refractivity contribution in [3.63, 3.8) is 0 Å². The van der Waals surface area contributed by atoms with Crippen LogP contribution in [-0.2, 0) is 6.42 Å². The van der Waals surface area contributed by atoms with Crippen LogP contribution in [0.3, 0.4) is 0 Å². The first-order chi connectivity index (χ1) is 8.34. The fourth-order valence-electron chi connectivity index (χ4n) is 2.20. The van der Waals surface area contributed by atoms with Crippen LogP contribution in [-0.4, -0.2) is 27.7 Å². The van der Waals surface area contributed by atoms with E-state index in [0.29, 0.717) is 6.04 Å². The third-order valence-corrected chi connectivity index (χ3v) is 3.38. The lowest BCUT2D eigenvalue weighted by molar-refractivity contribution is 0.617. The number of thiocarbonyl (C=S) groups is 1. The SMILES string of the molecule is S=C(NCCCc1ncc[nH]1)NC1CCCC1. The third kappa shape index (κ3) is 4.34. The number of aromatic nitrogens is 2. The van der Waals surface area contributed by atoms with Gasteiger partial charge in [-0.2, -0.15) is 0 Å². The van der Waals surface area contributed by atoms with Gasteiger partial charge >= 0.3 is 0 Å². The van der Waals surface area contributed by atoms with Gasteiger partial charge in [0.2, 0.25) is 0 Å². The summed E-state index contributed by atoms with van der Waals surface area (Å²) in [6, 6.07) is 0.597. The van der Waals surface area contributed by atoms with Crippen molar-refractivity contribution in [2.75, 3.05) is 6.54 Å². The van der Waals surface area contributed by atoms with Crippen LogP contribution in [0.1, 0.15) is 37.9 Å². The van der Waals surface area contributed by atoms with E-state index < -0.39 is 0 Å². The standard InChI is InChI=1S/C12H20N4S/c17-12(16-10-4-1-2-5-10)15-7-3-6-11-13-8-9-14-11/h8-10H,1-7H2,(H,13,14)(H2,15,16,17). The summed E-state index contributed by atoms with van der Waals surface area (Å²) in [5.41, 5.74) is 0. The summed E-state index contributed by atoms with van der Waals surface area (Å²) < 4.78 is 0. The molecule has 17 heavy (non-hydrogen) atoms. The van der Waals surface area contributed by atoms with Gasteiger partial charge in [0.1, 0.15) is 5.82 Å². The third-order valence-electron chi connectivity index (χ3n) is 3.12. The van der Waals surface area contributed by atoms with E-state index in [-0.39, 0.29) is 0 Å². The Kier molecular flexibility index (Phi) is 4.79. The van der Waals surface area contributed by atoms with Crippen LogP contribution in [0, 0.1) is 0 Å². The van der Waals surface area contributed by atoms with Gasteiger partial charge in [-0.1, -0.05) is 12.8 Å². The number of imidazole rings is 1. The maximum atomic E-state index is 5.26. The van der Waals surface area contributed by atoms with Crippen molar-refractivity contribution in [1.29, 1.82) is 0 Å². The van der Waals surface area contributed by atoms with Crippen molar-refractivity contribution in [1.82, 2.24) is 20.6 Å².